The third-order valence-electron chi connectivity index (χ3n) is 0.532. The molecular formula is C4H11Cl2NO. The van der Waals surface area contributed by atoms with Crippen LogP contribution in [-0.2, 0) is 0 Å². The quantitative estimate of drug-likeness (QED) is 0.607. The Morgan fingerprint density at radius 2 is 1.75 bits per heavy atom. The molecule has 0 aliphatic heterocycles. The highest BCUT2D eigenvalue weighted by molar-refractivity contribution is 6.18. The Balaban J connectivity index is 0. The molecular weight excluding hydrogens is 149 g/mol. The Bertz CT molecular complexity index is 35.2. The Kier molecular flexibility index (Phi) is 14.8. The van der Waals surface area contributed by atoms with Gasteiger partial charge in [0.2, 0.25) is 0 Å². The molecule has 2 nitrogen and oxygen atoms in total. The minimum Gasteiger partial charge on any atom is -0.308 e. The van der Waals surface area contributed by atoms with Gasteiger partial charge in [0, 0.05) is 12.4 Å². The number of nitrogens with zero attached hydrogens (tertiary/aromatic N) is 1. The van der Waals surface area contributed by atoms with Gasteiger partial charge in [0.1, 0.15) is 0 Å². The van der Waals surface area contributed by atoms with E-state index in [0.29, 0.717) is 0 Å². The van der Waals surface area contributed by atoms with Crippen LogP contribution in [0.25, 0.3) is 0 Å². The Hall–Kier alpha value is 0.500. The lowest BCUT2D eigenvalue weighted by Crippen LogP contribution is -2.13. The van der Waals surface area contributed by atoms with Crippen LogP contribution in [0.1, 0.15) is 0 Å². The molecule has 0 amide bonds. The van der Waals surface area contributed by atoms with E-state index in [2.05, 4.69) is 11.9 Å². The van der Waals surface area contributed by atoms with Gasteiger partial charge in [-0.3, -0.25) is 4.66 Å². The molecule has 0 saturated heterocycles. The van der Waals surface area contributed by atoms with Crippen molar-refractivity contribution in [3.63, 3.8) is 0 Å². The molecule has 0 aliphatic rings. The summed E-state index contributed by atoms with van der Waals surface area (Å²) in [4.78, 5) is 2.05. The molecule has 0 saturated carbocycles. The zero-order chi connectivity index (χ0) is 6.99. The van der Waals surface area contributed by atoms with E-state index in [1.54, 1.807) is 0 Å². The highest BCUT2D eigenvalue weighted by atomic mass is 35.5. The molecule has 0 radical (unpaired) electrons. The summed E-state index contributed by atoms with van der Waals surface area (Å²) in [6.07, 6.45) is 0. The summed E-state index contributed by atoms with van der Waals surface area (Å²) in [5, 5.41) is 0. The SMILES string of the molecule is CN(C)CCCl.OCl. The molecule has 1 N–H and O–H groups in total. The smallest absolute Gasteiger partial charge is 0.0579 e. The minimum atomic E-state index is 0.729. The Morgan fingerprint density at radius 1 is 1.38 bits per heavy atom. The predicted molar refractivity (Wildman–Crippen MR) is 37.3 cm³/mol. The monoisotopic (exact) mass is 159 g/mol. The average Bonchev–Trinajstić information content (AvgIpc) is 1.72. The minimum absolute atomic E-state index is 0.729. The van der Waals surface area contributed by atoms with Gasteiger partial charge in [0.25, 0.3) is 0 Å². The Morgan fingerprint density at radius 3 is 1.75 bits per heavy atom. The maximum atomic E-state index is 6.47. The zero-order valence-electron chi connectivity index (χ0n) is 5.06. The third-order valence-corrected chi connectivity index (χ3v) is 0.701. The summed E-state index contributed by atoms with van der Waals surface area (Å²) in [6.45, 7) is 0.974. The van der Waals surface area contributed by atoms with Crippen LogP contribution in [0.2, 0.25) is 0 Å². The van der Waals surface area contributed by atoms with Gasteiger partial charge in [-0.05, 0) is 14.1 Å². The van der Waals surface area contributed by atoms with Gasteiger partial charge in [0.15, 0.2) is 0 Å². The summed E-state index contributed by atoms with van der Waals surface area (Å²) >= 11 is 8.99. The third kappa shape index (κ3) is 16.1. The number of hydrogen-bond acceptors (Lipinski definition) is 2. The van der Waals surface area contributed by atoms with E-state index in [0.717, 1.165) is 12.4 Å². The molecule has 0 aromatic carbocycles. The number of hydrogen-bond donors (Lipinski definition) is 1. The van der Waals surface area contributed by atoms with Crippen molar-refractivity contribution >= 4 is 23.5 Å². The number of alkyl halides is 1. The highest BCUT2D eigenvalue weighted by Gasteiger charge is 1.81. The summed E-state index contributed by atoms with van der Waals surface area (Å²) in [5.74, 6) is 0.729. The molecule has 0 aromatic heterocycles. The molecule has 0 aliphatic carbocycles. The lowest BCUT2D eigenvalue weighted by Gasteiger charge is -2.02. The zero-order valence-corrected chi connectivity index (χ0v) is 6.58. The van der Waals surface area contributed by atoms with Gasteiger partial charge in [-0.2, -0.15) is 0 Å². The van der Waals surface area contributed by atoms with E-state index in [1.165, 1.54) is 0 Å². The molecule has 0 rings (SSSR count). The fourth-order valence-corrected chi connectivity index (χ4v) is 0.507. The van der Waals surface area contributed by atoms with Gasteiger partial charge < -0.3 is 4.90 Å². The number of halogens is 2. The second-order valence-corrected chi connectivity index (χ2v) is 1.87. The van der Waals surface area contributed by atoms with Gasteiger partial charge in [0.05, 0.1) is 11.9 Å². The van der Waals surface area contributed by atoms with Gasteiger partial charge in [-0.15, -0.1) is 11.6 Å². The van der Waals surface area contributed by atoms with Gasteiger partial charge >= 0.3 is 0 Å². The highest BCUT2D eigenvalue weighted by Crippen LogP contribution is 1.75. The van der Waals surface area contributed by atoms with Crippen molar-refractivity contribution in [3.05, 3.63) is 0 Å². The van der Waals surface area contributed by atoms with Crippen LogP contribution in [0.15, 0.2) is 0 Å². The molecule has 0 heterocycles. The normalized spacial score (nSPS) is 8.25. The van der Waals surface area contributed by atoms with Crippen LogP contribution >= 0.6 is 23.5 Å². The summed E-state index contributed by atoms with van der Waals surface area (Å²) < 4.78 is 6.47. The van der Waals surface area contributed by atoms with Crippen molar-refractivity contribution < 1.29 is 4.66 Å². The number of rotatable bonds is 2. The molecule has 0 unspecified atom stereocenters. The maximum Gasteiger partial charge on any atom is 0.0579 e. The fourth-order valence-electron chi connectivity index (χ4n) is 0.169. The molecule has 4 heteroatoms. The van der Waals surface area contributed by atoms with E-state index in [1.807, 2.05) is 19.0 Å². The standard InChI is InChI=1S/C4H10ClN.ClHO/c1-6(2)4-3-5;1-2/h3-4H2,1-2H3;2H. The second-order valence-electron chi connectivity index (χ2n) is 1.49. The first-order valence-electron chi connectivity index (χ1n) is 2.15. The largest absolute Gasteiger partial charge is 0.308 e. The van der Waals surface area contributed by atoms with Crippen LogP contribution in [0.4, 0.5) is 0 Å². The molecule has 0 atom stereocenters. The summed E-state index contributed by atoms with van der Waals surface area (Å²) in [5.41, 5.74) is 0. The van der Waals surface area contributed by atoms with Crippen LogP contribution in [-0.4, -0.2) is 36.1 Å². The molecule has 0 aromatic rings. The molecule has 0 spiro atoms. The van der Waals surface area contributed by atoms with Crippen molar-refractivity contribution in [1.82, 2.24) is 4.90 Å². The van der Waals surface area contributed by atoms with Crippen molar-refractivity contribution in [3.8, 4) is 0 Å². The van der Waals surface area contributed by atoms with Crippen molar-refractivity contribution in [2.45, 2.75) is 0 Å². The summed E-state index contributed by atoms with van der Waals surface area (Å²) in [7, 11) is 4.00. The first kappa shape index (κ1) is 11.3. The lowest BCUT2D eigenvalue weighted by atomic mass is 10.7. The molecule has 0 bridgehead atoms. The fraction of sp³-hybridized carbons (Fsp3) is 1.00. The van der Waals surface area contributed by atoms with E-state index >= 15 is 0 Å². The summed E-state index contributed by atoms with van der Waals surface area (Å²) in [6, 6.07) is 0. The van der Waals surface area contributed by atoms with Gasteiger partial charge in [-0.25, -0.2) is 0 Å². The van der Waals surface area contributed by atoms with E-state index in [9.17, 15) is 0 Å². The first-order chi connectivity index (χ1) is 3.77. The first-order valence-corrected chi connectivity index (χ1v) is 3.02. The van der Waals surface area contributed by atoms with Crippen LogP contribution in [0.3, 0.4) is 0 Å². The van der Waals surface area contributed by atoms with E-state index in [4.69, 9.17) is 16.3 Å². The van der Waals surface area contributed by atoms with Gasteiger partial charge in [-0.1, -0.05) is 0 Å². The molecule has 0 fully saturated rings. The van der Waals surface area contributed by atoms with Crippen LogP contribution in [0, 0.1) is 0 Å². The molecule has 8 heavy (non-hydrogen) atoms. The van der Waals surface area contributed by atoms with Crippen LogP contribution in [0.5, 0.6) is 0 Å². The predicted octanol–water partition coefficient (Wildman–Crippen LogP) is 0.919. The topological polar surface area (TPSA) is 23.5 Å². The molecule has 52 valence electrons. The average molecular weight is 160 g/mol. The van der Waals surface area contributed by atoms with Crippen molar-refractivity contribution in [2.75, 3.05) is 26.5 Å². The van der Waals surface area contributed by atoms with Crippen LogP contribution < -0.4 is 0 Å². The van der Waals surface area contributed by atoms with Crippen molar-refractivity contribution in [2.24, 2.45) is 0 Å². The van der Waals surface area contributed by atoms with E-state index in [-0.39, 0.29) is 0 Å². The van der Waals surface area contributed by atoms with Crippen molar-refractivity contribution in [1.29, 1.82) is 0 Å². The van der Waals surface area contributed by atoms with E-state index < -0.39 is 0 Å². The lowest BCUT2D eigenvalue weighted by molar-refractivity contribution is 0.436. The Labute approximate surface area is 60.2 Å². The maximum absolute atomic E-state index is 6.47. The second kappa shape index (κ2) is 10.5.